The van der Waals surface area contributed by atoms with Gasteiger partial charge in [-0.05, 0) is 44.0 Å². The molecule has 0 amide bonds. The van der Waals surface area contributed by atoms with E-state index >= 15 is 0 Å². The van der Waals surface area contributed by atoms with Gasteiger partial charge in [0.1, 0.15) is 5.75 Å². The number of hydrogen-bond acceptors (Lipinski definition) is 7. The highest BCUT2D eigenvalue weighted by Gasteiger charge is 2.53. The molecular weight excluding hydrogens is 376 g/mol. The number of aliphatic hydroxyl groups is 1. The van der Waals surface area contributed by atoms with Crippen LogP contribution in [0.4, 0.5) is 0 Å². The van der Waals surface area contributed by atoms with Gasteiger partial charge in [-0.25, -0.2) is 0 Å². The van der Waals surface area contributed by atoms with Crippen LogP contribution in [0.1, 0.15) is 25.0 Å². The van der Waals surface area contributed by atoms with Crippen molar-refractivity contribution in [3.63, 3.8) is 0 Å². The lowest BCUT2D eigenvalue weighted by atomic mass is 9.93. The zero-order chi connectivity index (χ0) is 20.5. The van der Waals surface area contributed by atoms with Gasteiger partial charge in [-0.3, -0.25) is 4.79 Å². The summed E-state index contributed by atoms with van der Waals surface area (Å²) in [5, 5.41) is 32.3. The highest BCUT2D eigenvalue weighted by Crippen LogP contribution is 2.52. The van der Waals surface area contributed by atoms with Crippen LogP contribution in [0.3, 0.4) is 0 Å². The average molecular weight is 394 g/mol. The Balaban J connectivity index is 1.86. The van der Waals surface area contributed by atoms with E-state index in [1.807, 2.05) is 19.9 Å². The first kappa shape index (κ1) is 17.6. The van der Waals surface area contributed by atoms with Crippen molar-refractivity contribution in [2.45, 2.75) is 32.2 Å². The highest BCUT2D eigenvalue weighted by molar-refractivity contribution is 5.97. The van der Waals surface area contributed by atoms with Gasteiger partial charge in [0.2, 0.25) is 5.43 Å². The van der Waals surface area contributed by atoms with Gasteiger partial charge in [0.05, 0.1) is 22.6 Å². The predicted molar refractivity (Wildman–Crippen MR) is 105 cm³/mol. The molecule has 5 rings (SSSR count). The molecule has 29 heavy (non-hydrogen) atoms. The number of allylic oxidation sites excluding steroid dienone is 2. The van der Waals surface area contributed by atoms with E-state index in [0.29, 0.717) is 12.0 Å². The van der Waals surface area contributed by atoms with Crippen molar-refractivity contribution < 1.29 is 29.2 Å². The summed E-state index contributed by atoms with van der Waals surface area (Å²) in [5.74, 6) is -0.493. The summed E-state index contributed by atoms with van der Waals surface area (Å²) in [6.45, 7) is 3.91. The van der Waals surface area contributed by atoms with E-state index in [2.05, 4.69) is 0 Å². The van der Waals surface area contributed by atoms with Crippen molar-refractivity contribution in [2.75, 3.05) is 0 Å². The number of benzene rings is 2. The molecule has 0 saturated carbocycles. The molecule has 0 radical (unpaired) electrons. The number of ether oxygens (including phenoxy) is 2. The summed E-state index contributed by atoms with van der Waals surface area (Å²) >= 11 is 0. The van der Waals surface area contributed by atoms with Crippen LogP contribution in [0.25, 0.3) is 21.9 Å². The van der Waals surface area contributed by atoms with Crippen molar-refractivity contribution in [2.24, 2.45) is 0 Å². The molecule has 3 heterocycles. The second kappa shape index (κ2) is 5.78. The standard InChI is InChI=1S/C22H18O7/c1-10(2)3-4-11-5-6-13(23)20-15(11)17(24)12-9-14-16(18(25)19(12)29-20)22(26)7-8-27-21(22)28-14/h3,5-9,21,23,25-26H,4H2,1-2H3/t21-,22-/m1/s1. The number of phenols is 2. The van der Waals surface area contributed by atoms with Crippen LogP contribution in [0.2, 0.25) is 0 Å². The molecule has 2 aromatic carbocycles. The van der Waals surface area contributed by atoms with Gasteiger partial charge < -0.3 is 29.2 Å². The Bertz CT molecular complexity index is 1310. The third-order valence-electron chi connectivity index (χ3n) is 5.37. The predicted octanol–water partition coefficient (Wildman–Crippen LogP) is 3.32. The topological polar surface area (TPSA) is 109 Å². The average Bonchev–Trinajstić information content (AvgIpc) is 3.15. The van der Waals surface area contributed by atoms with Gasteiger partial charge in [-0.2, -0.15) is 0 Å². The van der Waals surface area contributed by atoms with E-state index in [4.69, 9.17) is 13.9 Å². The van der Waals surface area contributed by atoms with E-state index < -0.39 is 23.1 Å². The molecule has 0 saturated heterocycles. The summed E-state index contributed by atoms with van der Waals surface area (Å²) < 4.78 is 16.6. The zero-order valence-electron chi connectivity index (χ0n) is 15.7. The molecule has 0 fully saturated rings. The van der Waals surface area contributed by atoms with Gasteiger partial charge in [-0.15, -0.1) is 0 Å². The van der Waals surface area contributed by atoms with Crippen molar-refractivity contribution in [1.29, 1.82) is 0 Å². The number of fused-ring (bicyclic) bond motifs is 5. The van der Waals surface area contributed by atoms with Crippen LogP contribution >= 0.6 is 0 Å². The molecule has 7 nitrogen and oxygen atoms in total. The lowest BCUT2D eigenvalue weighted by Crippen LogP contribution is -2.33. The molecule has 7 heteroatoms. The third-order valence-corrected chi connectivity index (χ3v) is 5.37. The van der Waals surface area contributed by atoms with Gasteiger partial charge in [0.15, 0.2) is 28.3 Å². The summed E-state index contributed by atoms with van der Waals surface area (Å²) in [7, 11) is 0. The van der Waals surface area contributed by atoms with E-state index in [0.717, 1.165) is 5.57 Å². The van der Waals surface area contributed by atoms with E-state index in [9.17, 15) is 20.1 Å². The van der Waals surface area contributed by atoms with Gasteiger partial charge >= 0.3 is 0 Å². The molecule has 0 unspecified atom stereocenters. The highest BCUT2D eigenvalue weighted by atomic mass is 16.7. The molecule has 3 N–H and O–H groups in total. The largest absolute Gasteiger partial charge is 0.504 e. The van der Waals surface area contributed by atoms with Crippen molar-refractivity contribution in [1.82, 2.24) is 0 Å². The van der Waals surface area contributed by atoms with Crippen molar-refractivity contribution in [3.05, 3.63) is 63.5 Å². The van der Waals surface area contributed by atoms with Crippen LogP contribution in [-0.4, -0.2) is 21.6 Å². The zero-order valence-corrected chi connectivity index (χ0v) is 15.7. The molecule has 3 aromatic rings. The molecular formula is C22H18O7. The Kier molecular flexibility index (Phi) is 3.51. The number of rotatable bonds is 2. The van der Waals surface area contributed by atoms with Crippen LogP contribution < -0.4 is 10.2 Å². The Morgan fingerprint density at radius 2 is 2.03 bits per heavy atom. The van der Waals surface area contributed by atoms with E-state index in [1.54, 1.807) is 6.07 Å². The van der Waals surface area contributed by atoms with Crippen LogP contribution in [0, 0.1) is 0 Å². The summed E-state index contributed by atoms with van der Waals surface area (Å²) in [5.41, 5.74) is -0.394. The first-order valence-electron chi connectivity index (χ1n) is 9.14. The van der Waals surface area contributed by atoms with E-state index in [1.165, 1.54) is 24.5 Å². The second-order valence-electron chi connectivity index (χ2n) is 7.55. The summed E-state index contributed by atoms with van der Waals surface area (Å²) in [6.07, 6.45) is 4.06. The second-order valence-corrected chi connectivity index (χ2v) is 7.55. The first-order chi connectivity index (χ1) is 13.8. The van der Waals surface area contributed by atoms with Crippen molar-refractivity contribution >= 4 is 21.9 Å². The smallest absolute Gasteiger partial charge is 0.277 e. The molecule has 2 aliphatic heterocycles. The third kappa shape index (κ3) is 2.31. The fourth-order valence-electron chi connectivity index (χ4n) is 3.89. The van der Waals surface area contributed by atoms with Crippen LogP contribution in [0.15, 0.2) is 51.4 Å². The molecule has 148 valence electrons. The molecule has 0 spiro atoms. The Morgan fingerprint density at radius 3 is 2.79 bits per heavy atom. The molecule has 0 aliphatic carbocycles. The minimum Gasteiger partial charge on any atom is -0.504 e. The maximum atomic E-state index is 13.3. The maximum absolute atomic E-state index is 13.3. The fraction of sp³-hybridized carbons (Fsp3) is 0.227. The minimum absolute atomic E-state index is 0.0157. The Hall–Kier alpha value is -3.45. The molecule has 2 atom stereocenters. The maximum Gasteiger partial charge on any atom is 0.277 e. The molecule has 1 aromatic heterocycles. The first-order valence-corrected chi connectivity index (χ1v) is 9.14. The Morgan fingerprint density at radius 1 is 1.24 bits per heavy atom. The Labute approximate surface area is 164 Å². The lowest BCUT2D eigenvalue weighted by Gasteiger charge is -2.18. The summed E-state index contributed by atoms with van der Waals surface area (Å²) in [6, 6.07) is 4.56. The number of phenolic OH excluding ortho intramolecular Hbond substituents is 2. The number of aromatic hydroxyl groups is 2. The summed E-state index contributed by atoms with van der Waals surface area (Å²) in [4.78, 5) is 13.3. The lowest BCUT2D eigenvalue weighted by molar-refractivity contribution is -0.110. The van der Waals surface area contributed by atoms with Gasteiger partial charge in [0.25, 0.3) is 6.29 Å². The molecule has 0 bridgehead atoms. The van der Waals surface area contributed by atoms with Gasteiger partial charge in [0, 0.05) is 0 Å². The van der Waals surface area contributed by atoms with Crippen molar-refractivity contribution in [3.8, 4) is 17.2 Å². The van der Waals surface area contributed by atoms with E-state index in [-0.39, 0.29) is 39.0 Å². The van der Waals surface area contributed by atoms with Gasteiger partial charge in [-0.1, -0.05) is 17.7 Å². The molecule has 2 aliphatic rings. The quantitative estimate of drug-likeness (QED) is 0.452. The monoisotopic (exact) mass is 394 g/mol. The number of hydrogen-bond donors (Lipinski definition) is 3. The minimum atomic E-state index is -1.69. The SMILES string of the molecule is CC(C)=CCc1ccc(O)c2oc3c(O)c4c(cc3c(=O)c12)O[C@H]1OC=C[C@@]41O. The normalized spacial score (nSPS) is 21.7. The van der Waals surface area contributed by atoms with Crippen LogP contribution in [0.5, 0.6) is 17.2 Å². The fourth-order valence-corrected chi connectivity index (χ4v) is 3.89. The van der Waals surface area contributed by atoms with Crippen LogP contribution in [-0.2, 0) is 16.8 Å².